The van der Waals surface area contributed by atoms with E-state index in [1.807, 2.05) is 38.1 Å². The second kappa shape index (κ2) is 9.22. The van der Waals surface area contributed by atoms with Gasteiger partial charge < -0.3 is 16.0 Å². The molecule has 2 amide bonds. The zero-order valence-corrected chi connectivity index (χ0v) is 15.9. The third-order valence-electron chi connectivity index (χ3n) is 3.32. The predicted octanol–water partition coefficient (Wildman–Crippen LogP) is 4.48. The number of amides is 2. The van der Waals surface area contributed by atoms with Gasteiger partial charge in [-0.05, 0) is 48.4 Å². The van der Waals surface area contributed by atoms with Crippen molar-refractivity contribution in [1.82, 2.24) is 0 Å². The van der Waals surface area contributed by atoms with E-state index in [-0.39, 0.29) is 18.4 Å². The average Bonchev–Trinajstić information content (AvgIpc) is 2.54. The van der Waals surface area contributed by atoms with Gasteiger partial charge in [-0.25, -0.2) is 0 Å². The molecule has 0 bridgehead atoms. The summed E-state index contributed by atoms with van der Waals surface area (Å²) in [5.41, 5.74) is 2.27. The first-order valence-electron chi connectivity index (χ1n) is 8.11. The van der Waals surface area contributed by atoms with E-state index in [1.54, 1.807) is 24.3 Å². The molecule has 0 unspecified atom stereocenters. The van der Waals surface area contributed by atoms with Gasteiger partial charge in [-0.3, -0.25) is 9.59 Å². The number of rotatable bonds is 7. The number of hydrogen-bond donors (Lipinski definition) is 3. The van der Waals surface area contributed by atoms with E-state index in [0.29, 0.717) is 18.0 Å². The van der Waals surface area contributed by atoms with E-state index in [2.05, 4.69) is 31.9 Å². The highest BCUT2D eigenvalue weighted by atomic mass is 79.9. The Bertz CT molecular complexity index is 730. The van der Waals surface area contributed by atoms with Crippen LogP contribution in [0, 0.1) is 5.92 Å². The average molecular weight is 404 g/mol. The van der Waals surface area contributed by atoms with Crippen LogP contribution < -0.4 is 16.0 Å². The molecule has 3 N–H and O–H groups in total. The van der Waals surface area contributed by atoms with E-state index in [9.17, 15) is 9.59 Å². The first-order valence-corrected chi connectivity index (χ1v) is 8.91. The molecule has 0 fully saturated rings. The van der Waals surface area contributed by atoms with Gasteiger partial charge in [-0.1, -0.05) is 35.8 Å². The fourth-order valence-corrected chi connectivity index (χ4v) is 2.60. The second-order valence-electron chi connectivity index (χ2n) is 6.14. The topological polar surface area (TPSA) is 70.2 Å². The molecule has 25 heavy (non-hydrogen) atoms. The molecule has 0 heterocycles. The first-order chi connectivity index (χ1) is 11.9. The van der Waals surface area contributed by atoms with Crippen LogP contribution in [0.15, 0.2) is 53.0 Å². The first kappa shape index (κ1) is 19.0. The molecule has 0 saturated heterocycles. The van der Waals surface area contributed by atoms with E-state index < -0.39 is 0 Å². The van der Waals surface area contributed by atoms with Crippen molar-refractivity contribution in [3.05, 3.63) is 53.0 Å². The SMILES string of the molecule is CC(C)CC(=O)Nc1ccc(NC(=O)CNc2cccc(Br)c2)cc1. The van der Waals surface area contributed by atoms with E-state index in [4.69, 9.17) is 0 Å². The highest BCUT2D eigenvalue weighted by Crippen LogP contribution is 2.16. The van der Waals surface area contributed by atoms with Gasteiger partial charge in [0, 0.05) is 28.0 Å². The maximum Gasteiger partial charge on any atom is 0.243 e. The molecule has 0 aromatic heterocycles. The van der Waals surface area contributed by atoms with Crippen molar-refractivity contribution in [2.75, 3.05) is 22.5 Å². The van der Waals surface area contributed by atoms with Gasteiger partial charge in [0.1, 0.15) is 0 Å². The Balaban J connectivity index is 1.82. The van der Waals surface area contributed by atoms with Crippen molar-refractivity contribution in [3.63, 3.8) is 0 Å². The lowest BCUT2D eigenvalue weighted by Gasteiger charge is -2.10. The van der Waals surface area contributed by atoms with Crippen LogP contribution in [-0.2, 0) is 9.59 Å². The van der Waals surface area contributed by atoms with Crippen LogP contribution in [0.3, 0.4) is 0 Å². The van der Waals surface area contributed by atoms with Gasteiger partial charge in [-0.2, -0.15) is 0 Å². The van der Waals surface area contributed by atoms with Crippen molar-refractivity contribution in [3.8, 4) is 0 Å². The number of nitrogens with one attached hydrogen (secondary N) is 3. The summed E-state index contributed by atoms with van der Waals surface area (Å²) in [7, 11) is 0. The van der Waals surface area contributed by atoms with Crippen LogP contribution in [0.1, 0.15) is 20.3 Å². The Morgan fingerprint density at radius 2 is 1.52 bits per heavy atom. The number of anilines is 3. The fraction of sp³-hybridized carbons (Fsp3) is 0.263. The maximum absolute atomic E-state index is 12.0. The Labute approximate surface area is 156 Å². The summed E-state index contributed by atoms with van der Waals surface area (Å²) >= 11 is 3.39. The van der Waals surface area contributed by atoms with Crippen molar-refractivity contribution in [2.24, 2.45) is 5.92 Å². The highest BCUT2D eigenvalue weighted by molar-refractivity contribution is 9.10. The number of benzene rings is 2. The molecule has 2 aromatic rings. The lowest BCUT2D eigenvalue weighted by atomic mass is 10.1. The number of carbonyl (C=O) groups is 2. The minimum Gasteiger partial charge on any atom is -0.376 e. The minimum absolute atomic E-state index is 0.00925. The molecule has 0 atom stereocenters. The fourth-order valence-electron chi connectivity index (χ4n) is 2.21. The smallest absolute Gasteiger partial charge is 0.243 e. The normalized spacial score (nSPS) is 10.4. The third kappa shape index (κ3) is 6.97. The Hall–Kier alpha value is -2.34. The van der Waals surface area contributed by atoms with Crippen LogP contribution in [0.5, 0.6) is 0 Å². The van der Waals surface area contributed by atoms with Crippen LogP contribution >= 0.6 is 15.9 Å². The minimum atomic E-state index is -0.142. The standard InChI is InChI=1S/C19H22BrN3O2/c1-13(2)10-18(24)22-15-6-8-16(9-7-15)23-19(25)12-21-17-5-3-4-14(20)11-17/h3-9,11,13,21H,10,12H2,1-2H3,(H,22,24)(H,23,25). The van der Waals surface area contributed by atoms with Gasteiger partial charge in [0.2, 0.25) is 11.8 Å². The summed E-state index contributed by atoms with van der Waals surface area (Å²) < 4.78 is 0.952. The van der Waals surface area contributed by atoms with Crippen LogP contribution in [0.2, 0.25) is 0 Å². The number of hydrogen-bond acceptors (Lipinski definition) is 3. The van der Waals surface area contributed by atoms with Crippen molar-refractivity contribution in [1.29, 1.82) is 0 Å². The molecular weight excluding hydrogens is 382 g/mol. The largest absolute Gasteiger partial charge is 0.376 e. The van der Waals surface area contributed by atoms with Crippen molar-refractivity contribution < 1.29 is 9.59 Å². The zero-order valence-electron chi connectivity index (χ0n) is 14.3. The lowest BCUT2D eigenvalue weighted by molar-refractivity contribution is -0.117. The van der Waals surface area contributed by atoms with Crippen LogP contribution in [0.4, 0.5) is 17.1 Å². The predicted molar refractivity (Wildman–Crippen MR) is 106 cm³/mol. The molecule has 0 aliphatic rings. The van der Waals surface area contributed by atoms with Crippen molar-refractivity contribution >= 4 is 44.8 Å². The summed E-state index contributed by atoms with van der Waals surface area (Å²) in [5.74, 6) is 0.165. The summed E-state index contributed by atoms with van der Waals surface area (Å²) in [4.78, 5) is 23.7. The molecule has 5 nitrogen and oxygen atoms in total. The molecule has 2 aromatic carbocycles. The Morgan fingerprint density at radius 3 is 2.08 bits per heavy atom. The van der Waals surface area contributed by atoms with Gasteiger partial charge in [-0.15, -0.1) is 0 Å². The van der Waals surface area contributed by atoms with Crippen LogP contribution in [0.25, 0.3) is 0 Å². The molecule has 6 heteroatoms. The second-order valence-corrected chi connectivity index (χ2v) is 7.05. The molecule has 132 valence electrons. The van der Waals surface area contributed by atoms with Crippen molar-refractivity contribution in [2.45, 2.75) is 20.3 Å². The Kier molecular flexibility index (Phi) is 7.01. The quantitative estimate of drug-likeness (QED) is 0.637. The summed E-state index contributed by atoms with van der Waals surface area (Å²) in [6.45, 7) is 4.17. The van der Waals surface area contributed by atoms with E-state index >= 15 is 0 Å². The monoisotopic (exact) mass is 403 g/mol. The highest BCUT2D eigenvalue weighted by Gasteiger charge is 2.06. The molecule has 0 radical (unpaired) electrons. The Morgan fingerprint density at radius 1 is 0.920 bits per heavy atom. The molecule has 0 spiro atoms. The lowest BCUT2D eigenvalue weighted by Crippen LogP contribution is -2.21. The molecule has 0 aliphatic carbocycles. The van der Waals surface area contributed by atoms with Gasteiger partial charge >= 0.3 is 0 Å². The van der Waals surface area contributed by atoms with Crippen LogP contribution in [-0.4, -0.2) is 18.4 Å². The van der Waals surface area contributed by atoms with E-state index in [0.717, 1.165) is 15.8 Å². The van der Waals surface area contributed by atoms with Gasteiger partial charge in [0.25, 0.3) is 0 Å². The van der Waals surface area contributed by atoms with Gasteiger partial charge in [0.05, 0.1) is 6.54 Å². The molecule has 0 aliphatic heterocycles. The van der Waals surface area contributed by atoms with Gasteiger partial charge in [0.15, 0.2) is 0 Å². The summed E-state index contributed by atoms with van der Waals surface area (Å²) in [5, 5.41) is 8.71. The van der Waals surface area contributed by atoms with E-state index in [1.165, 1.54) is 0 Å². The number of halogens is 1. The summed E-state index contributed by atoms with van der Waals surface area (Å²) in [6, 6.07) is 14.7. The molecule has 2 rings (SSSR count). The number of carbonyl (C=O) groups excluding carboxylic acids is 2. The third-order valence-corrected chi connectivity index (χ3v) is 3.82. The molecular formula is C19H22BrN3O2. The molecule has 0 saturated carbocycles. The zero-order chi connectivity index (χ0) is 18.2. The maximum atomic E-state index is 12.0. The summed E-state index contributed by atoms with van der Waals surface area (Å²) in [6.07, 6.45) is 0.486.